The molecule has 0 amide bonds. The molecule has 1 aliphatic carbocycles. The third-order valence-corrected chi connectivity index (χ3v) is 10.2. The molecular formula is C48H44N4O4. The first kappa shape index (κ1) is 36.3. The van der Waals surface area contributed by atoms with Gasteiger partial charge in [-0.2, -0.15) is 0 Å². The second kappa shape index (κ2) is 14.2. The molecule has 8 rings (SSSR count). The first-order valence-corrected chi connectivity index (χ1v) is 18.7. The maximum Gasteiger partial charge on any atom is 0.196 e. The Balaban J connectivity index is 1.31. The van der Waals surface area contributed by atoms with Crippen LogP contribution in [0, 0.1) is 5.41 Å². The van der Waals surface area contributed by atoms with E-state index in [2.05, 4.69) is 57.4 Å². The molecule has 7 aromatic rings. The molecule has 0 saturated heterocycles. The molecule has 0 radical (unpaired) electrons. The highest BCUT2D eigenvalue weighted by atomic mass is 16.5. The number of phenols is 1. The van der Waals surface area contributed by atoms with E-state index in [0.717, 1.165) is 17.8 Å². The average molecular weight is 741 g/mol. The number of phenolic OH excluding ortho intramolecular Hbond substituents is 1. The van der Waals surface area contributed by atoms with Crippen LogP contribution in [0.1, 0.15) is 62.5 Å². The minimum absolute atomic E-state index is 0.0187. The van der Waals surface area contributed by atoms with Crippen LogP contribution < -0.4 is 20.1 Å². The number of para-hydroxylation sites is 1. The molecule has 8 heteroatoms. The van der Waals surface area contributed by atoms with Gasteiger partial charge in [0.1, 0.15) is 28.5 Å². The molecule has 0 fully saturated rings. The summed E-state index contributed by atoms with van der Waals surface area (Å²) >= 11 is 0. The van der Waals surface area contributed by atoms with Crippen molar-refractivity contribution in [3.05, 3.63) is 144 Å². The zero-order valence-electron chi connectivity index (χ0n) is 32.4. The lowest BCUT2D eigenvalue weighted by Crippen LogP contribution is -2.24. The molecule has 0 atom stereocenters. The number of benzene rings is 6. The average Bonchev–Trinajstić information content (AvgIpc) is 3.17. The zero-order chi connectivity index (χ0) is 39.2. The van der Waals surface area contributed by atoms with E-state index in [0.29, 0.717) is 73.0 Å². The summed E-state index contributed by atoms with van der Waals surface area (Å²) in [5.41, 5.74) is 7.96. The lowest BCUT2D eigenvalue weighted by Gasteiger charge is -2.33. The number of ketones is 1. The van der Waals surface area contributed by atoms with Crippen molar-refractivity contribution in [3.8, 4) is 45.4 Å². The molecule has 0 aliphatic heterocycles. The first-order valence-electron chi connectivity index (χ1n) is 18.7. The van der Waals surface area contributed by atoms with Crippen LogP contribution in [0.25, 0.3) is 33.3 Å². The summed E-state index contributed by atoms with van der Waals surface area (Å²) in [6.45, 7) is 11.3. The molecule has 8 nitrogen and oxygen atoms in total. The van der Waals surface area contributed by atoms with Crippen LogP contribution in [0.15, 0.2) is 127 Å². The van der Waals surface area contributed by atoms with Crippen LogP contribution in [0.3, 0.4) is 0 Å². The number of hydrogen-bond donors (Lipinski definition) is 3. The van der Waals surface area contributed by atoms with Crippen molar-refractivity contribution in [2.24, 2.45) is 5.41 Å². The summed E-state index contributed by atoms with van der Waals surface area (Å²) in [4.78, 5) is 14.6. The third kappa shape index (κ3) is 7.02. The van der Waals surface area contributed by atoms with E-state index in [1.807, 2.05) is 109 Å². The largest absolute Gasteiger partial charge is 0.507 e. The molecule has 0 unspecified atom stereocenters. The van der Waals surface area contributed by atoms with Gasteiger partial charge in [0.05, 0.1) is 18.4 Å². The molecule has 1 heterocycles. The summed E-state index contributed by atoms with van der Waals surface area (Å²) < 4.78 is 12.1. The minimum Gasteiger partial charge on any atom is -0.507 e. The van der Waals surface area contributed by atoms with Crippen LogP contribution in [-0.4, -0.2) is 28.2 Å². The van der Waals surface area contributed by atoms with Gasteiger partial charge >= 0.3 is 0 Å². The van der Waals surface area contributed by atoms with E-state index in [9.17, 15) is 9.90 Å². The molecule has 0 saturated carbocycles. The molecule has 0 bridgehead atoms. The van der Waals surface area contributed by atoms with Crippen molar-refractivity contribution in [2.75, 3.05) is 17.7 Å². The number of methoxy groups -OCH3 is 1. The predicted molar refractivity (Wildman–Crippen MR) is 225 cm³/mol. The van der Waals surface area contributed by atoms with Gasteiger partial charge in [0.2, 0.25) is 0 Å². The lowest BCUT2D eigenvalue weighted by molar-refractivity contribution is 0.104. The normalized spacial score (nSPS) is 12.3. The number of carbonyl (C=O) groups excluding carboxylic acids is 1. The third-order valence-electron chi connectivity index (χ3n) is 10.2. The summed E-state index contributed by atoms with van der Waals surface area (Å²) in [5, 5.41) is 28.5. The summed E-state index contributed by atoms with van der Waals surface area (Å²) in [7, 11) is 1.62. The Hall–Kier alpha value is -6.67. The van der Waals surface area contributed by atoms with Crippen LogP contribution in [0.2, 0.25) is 0 Å². The Bertz CT molecular complexity index is 2590. The van der Waals surface area contributed by atoms with Crippen LogP contribution in [0.5, 0.6) is 23.0 Å². The maximum atomic E-state index is 14.6. The molecule has 0 spiro atoms. The number of nitrogens with one attached hydrogen (secondary N) is 2. The van der Waals surface area contributed by atoms with Crippen LogP contribution in [0.4, 0.5) is 22.7 Å². The first-order chi connectivity index (χ1) is 26.9. The van der Waals surface area contributed by atoms with Gasteiger partial charge in [-0.15, -0.1) is 10.2 Å². The van der Waals surface area contributed by atoms with Gasteiger partial charge in [0.25, 0.3) is 0 Å². The number of fused-ring (bicyclic) bond motifs is 2. The van der Waals surface area contributed by atoms with E-state index in [1.54, 1.807) is 13.2 Å². The van der Waals surface area contributed by atoms with Crippen molar-refractivity contribution in [3.63, 3.8) is 0 Å². The highest BCUT2D eigenvalue weighted by Crippen LogP contribution is 2.50. The van der Waals surface area contributed by atoms with E-state index in [-0.39, 0.29) is 22.4 Å². The SMILES string of the molecule is COc1ccc(Nc2cc(Oc3ccc(C(C)(C)CC(C)(C)C)cc3)c3nnc(-c4ccc(Nc5ccccc5)cc4O)c4c3c2C(=O)c2ccccc2-4)cc1. The fourth-order valence-electron chi connectivity index (χ4n) is 8.01. The Morgan fingerprint density at radius 1 is 0.643 bits per heavy atom. The van der Waals surface area contributed by atoms with Crippen molar-refractivity contribution in [1.29, 1.82) is 0 Å². The molecule has 1 aliphatic rings. The van der Waals surface area contributed by atoms with E-state index >= 15 is 0 Å². The molecule has 280 valence electrons. The van der Waals surface area contributed by atoms with E-state index in [1.165, 1.54) is 5.56 Å². The van der Waals surface area contributed by atoms with Crippen molar-refractivity contribution in [2.45, 2.75) is 46.5 Å². The van der Waals surface area contributed by atoms with Gasteiger partial charge < -0.3 is 25.2 Å². The monoisotopic (exact) mass is 740 g/mol. The van der Waals surface area contributed by atoms with Gasteiger partial charge in [-0.3, -0.25) is 4.79 Å². The minimum atomic E-state index is -0.156. The standard InChI is InChI=1S/C48H44N4O4/c1-47(2,3)28-48(4,5)29-16-21-34(22-17-29)56-40-27-38(50-31-18-23-33(55-6)24-19-31)42-43-41(35-14-10-11-15-36(35)46(42)54)44(51-52-45(40)43)37-25-20-32(26-39(37)53)49-30-12-8-7-9-13-30/h7-27,49-50,53H,28H2,1-6H3. The molecule has 1 aromatic heterocycles. The predicted octanol–water partition coefficient (Wildman–Crippen LogP) is 12.2. The number of carbonyl (C=O) groups is 1. The second-order valence-electron chi connectivity index (χ2n) is 16.1. The van der Waals surface area contributed by atoms with Gasteiger partial charge in [-0.05, 0) is 89.0 Å². The second-order valence-corrected chi connectivity index (χ2v) is 16.1. The zero-order valence-corrected chi connectivity index (χ0v) is 32.4. The highest BCUT2D eigenvalue weighted by molar-refractivity contribution is 6.30. The summed E-state index contributed by atoms with van der Waals surface area (Å²) in [6.07, 6.45) is 1.02. The van der Waals surface area contributed by atoms with Gasteiger partial charge in [-0.25, -0.2) is 0 Å². The van der Waals surface area contributed by atoms with Crippen LogP contribution in [-0.2, 0) is 5.41 Å². The number of nitrogens with zero attached hydrogens (tertiary/aromatic N) is 2. The number of anilines is 4. The van der Waals surface area contributed by atoms with Crippen molar-refractivity contribution in [1.82, 2.24) is 10.2 Å². The number of hydrogen-bond acceptors (Lipinski definition) is 8. The Morgan fingerprint density at radius 3 is 1.96 bits per heavy atom. The number of rotatable bonds is 10. The number of ether oxygens (including phenoxy) is 2. The van der Waals surface area contributed by atoms with Crippen LogP contribution >= 0.6 is 0 Å². The highest BCUT2D eigenvalue weighted by Gasteiger charge is 2.34. The molecule has 56 heavy (non-hydrogen) atoms. The van der Waals surface area contributed by atoms with Crippen molar-refractivity contribution < 1.29 is 19.4 Å². The lowest BCUT2D eigenvalue weighted by atomic mass is 9.72. The topological polar surface area (TPSA) is 106 Å². The van der Waals surface area contributed by atoms with Crippen molar-refractivity contribution >= 4 is 39.4 Å². The quantitative estimate of drug-likeness (QED) is 0.127. The molecular weight excluding hydrogens is 697 g/mol. The molecule has 6 aromatic carbocycles. The van der Waals surface area contributed by atoms with Gasteiger partial charge in [0, 0.05) is 51.3 Å². The molecule has 3 N–H and O–H groups in total. The maximum absolute atomic E-state index is 14.6. The Kier molecular flexibility index (Phi) is 9.21. The smallest absolute Gasteiger partial charge is 0.196 e. The van der Waals surface area contributed by atoms with Gasteiger partial charge in [-0.1, -0.05) is 89.2 Å². The summed E-state index contributed by atoms with van der Waals surface area (Å²) in [5.74, 6) is 1.63. The Morgan fingerprint density at radius 2 is 1.29 bits per heavy atom. The van der Waals surface area contributed by atoms with E-state index in [4.69, 9.17) is 19.7 Å². The fraction of sp³-hybridized carbons (Fsp3) is 0.188. The number of aromatic nitrogens is 2. The van der Waals surface area contributed by atoms with Gasteiger partial charge in [0.15, 0.2) is 11.5 Å². The fourth-order valence-corrected chi connectivity index (χ4v) is 8.01. The Labute approximate surface area is 327 Å². The number of aromatic hydroxyl groups is 1. The van der Waals surface area contributed by atoms with E-state index < -0.39 is 0 Å². The summed E-state index contributed by atoms with van der Waals surface area (Å²) in [6, 6.07) is 40.2.